The molecule has 3 rings (SSSR count). The summed E-state index contributed by atoms with van der Waals surface area (Å²) in [5.41, 5.74) is 0.756. The van der Waals surface area contributed by atoms with Gasteiger partial charge in [-0.2, -0.15) is 13.2 Å². The van der Waals surface area contributed by atoms with Crippen LogP contribution < -0.4 is 10.8 Å². The van der Waals surface area contributed by atoms with Gasteiger partial charge in [0.2, 0.25) is 0 Å². The molecule has 0 saturated carbocycles. The van der Waals surface area contributed by atoms with Gasteiger partial charge in [-0.05, 0) is 41.5 Å². The summed E-state index contributed by atoms with van der Waals surface area (Å²) in [5.74, 6) is -3.69. The SMILES string of the molecule is O=C(Nc1ccc(C(C(=O)NO)c2ccccc2)cc1)c1ccc(F)cc1C(F)(F)F. The van der Waals surface area contributed by atoms with Crippen molar-refractivity contribution in [3.8, 4) is 0 Å². The zero-order valence-electron chi connectivity index (χ0n) is 15.8. The molecule has 1 unspecified atom stereocenters. The van der Waals surface area contributed by atoms with Gasteiger partial charge in [0.25, 0.3) is 11.8 Å². The molecule has 0 aliphatic heterocycles. The van der Waals surface area contributed by atoms with E-state index in [9.17, 15) is 27.2 Å². The topological polar surface area (TPSA) is 78.4 Å². The van der Waals surface area contributed by atoms with E-state index in [2.05, 4.69) is 5.32 Å². The quantitative estimate of drug-likeness (QED) is 0.310. The average molecular weight is 432 g/mol. The van der Waals surface area contributed by atoms with Gasteiger partial charge in [-0.15, -0.1) is 0 Å². The zero-order valence-corrected chi connectivity index (χ0v) is 15.8. The van der Waals surface area contributed by atoms with E-state index in [0.29, 0.717) is 11.1 Å². The predicted molar refractivity (Wildman–Crippen MR) is 104 cm³/mol. The summed E-state index contributed by atoms with van der Waals surface area (Å²) in [6.07, 6.45) is -4.90. The van der Waals surface area contributed by atoms with Crippen LogP contribution in [0.15, 0.2) is 72.8 Å². The molecule has 0 aliphatic rings. The van der Waals surface area contributed by atoms with Crippen LogP contribution in [0.1, 0.15) is 33.0 Å². The van der Waals surface area contributed by atoms with Crippen molar-refractivity contribution in [3.05, 3.63) is 101 Å². The largest absolute Gasteiger partial charge is 0.417 e. The van der Waals surface area contributed by atoms with Crippen molar-refractivity contribution >= 4 is 17.5 Å². The summed E-state index contributed by atoms with van der Waals surface area (Å²) < 4.78 is 52.6. The van der Waals surface area contributed by atoms with Gasteiger partial charge in [0.15, 0.2) is 0 Å². The Kier molecular flexibility index (Phi) is 6.36. The van der Waals surface area contributed by atoms with E-state index in [1.807, 2.05) is 0 Å². The highest BCUT2D eigenvalue weighted by molar-refractivity contribution is 6.05. The molecular formula is C22H16F4N2O3. The van der Waals surface area contributed by atoms with E-state index in [1.165, 1.54) is 24.3 Å². The van der Waals surface area contributed by atoms with Crippen molar-refractivity contribution in [2.24, 2.45) is 0 Å². The molecule has 5 nitrogen and oxygen atoms in total. The van der Waals surface area contributed by atoms with Gasteiger partial charge in [0.05, 0.1) is 17.0 Å². The highest BCUT2D eigenvalue weighted by atomic mass is 19.4. The van der Waals surface area contributed by atoms with Gasteiger partial charge >= 0.3 is 6.18 Å². The fraction of sp³-hybridized carbons (Fsp3) is 0.0909. The number of alkyl halides is 3. The monoisotopic (exact) mass is 432 g/mol. The fourth-order valence-electron chi connectivity index (χ4n) is 3.11. The first kappa shape index (κ1) is 22.0. The molecular weight excluding hydrogens is 416 g/mol. The number of hydrogen-bond donors (Lipinski definition) is 3. The molecule has 0 radical (unpaired) electrons. The highest BCUT2D eigenvalue weighted by Crippen LogP contribution is 2.33. The Morgan fingerprint density at radius 2 is 1.48 bits per heavy atom. The number of hydroxylamine groups is 1. The Morgan fingerprint density at radius 3 is 2.06 bits per heavy atom. The van der Waals surface area contributed by atoms with Crippen molar-refractivity contribution in [2.75, 3.05) is 5.32 Å². The van der Waals surface area contributed by atoms with Crippen LogP contribution >= 0.6 is 0 Å². The maximum absolute atomic E-state index is 13.2. The maximum Gasteiger partial charge on any atom is 0.417 e. The molecule has 3 aromatic carbocycles. The third kappa shape index (κ3) is 5.07. The average Bonchev–Trinajstić information content (AvgIpc) is 2.75. The van der Waals surface area contributed by atoms with Crippen LogP contribution in [0.25, 0.3) is 0 Å². The summed E-state index contributed by atoms with van der Waals surface area (Å²) in [5, 5.41) is 11.4. The van der Waals surface area contributed by atoms with Crippen LogP contribution in [0.2, 0.25) is 0 Å². The van der Waals surface area contributed by atoms with Crippen molar-refractivity contribution in [1.82, 2.24) is 5.48 Å². The first-order valence-corrected chi connectivity index (χ1v) is 8.97. The normalized spacial score (nSPS) is 12.2. The molecule has 160 valence electrons. The number of rotatable bonds is 5. The zero-order chi connectivity index (χ0) is 22.6. The minimum Gasteiger partial charge on any atom is -0.322 e. The Balaban J connectivity index is 1.86. The lowest BCUT2D eigenvalue weighted by atomic mass is 9.90. The number of nitrogens with one attached hydrogen (secondary N) is 2. The Bertz CT molecular complexity index is 1080. The summed E-state index contributed by atoms with van der Waals surface area (Å²) in [6.45, 7) is 0. The smallest absolute Gasteiger partial charge is 0.322 e. The molecule has 0 bridgehead atoms. The molecule has 1 atom stereocenters. The van der Waals surface area contributed by atoms with Crippen LogP contribution in [0, 0.1) is 5.82 Å². The first-order valence-electron chi connectivity index (χ1n) is 8.97. The Morgan fingerprint density at radius 1 is 0.871 bits per heavy atom. The van der Waals surface area contributed by atoms with Gasteiger partial charge in [0.1, 0.15) is 5.82 Å². The molecule has 0 aliphatic carbocycles. The fourth-order valence-corrected chi connectivity index (χ4v) is 3.11. The summed E-state index contributed by atoms with van der Waals surface area (Å²) >= 11 is 0. The van der Waals surface area contributed by atoms with E-state index in [0.717, 1.165) is 12.1 Å². The number of carbonyl (C=O) groups is 2. The van der Waals surface area contributed by atoms with Crippen LogP contribution in [0.3, 0.4) is 0 Å². The second kappa shape index (κ2) is 8.97. The van der Waals surface area contributed by atoms with Gasteiger partial charge < -0.3 is 5.32 Å². The van der Waals surface area contributed by atoms with Crippen LogP contribution in [0.4, 0.5) is 23.2 Å². The number of carbonyl (C=O) groups excluding carboxylic acids is 2. The Labute approximate surface area is 174 Å². The number of halogens is 4. The number of benzene rings is 3. The van der Waals surface area contributed by atoms with Crippen molar-refractivity contribution < 1.29 is 32.4 Å². The van der Waals surface area contributed by atoms with Gasteiger partial charge in [0, 0.05) is 5.69 Å². The van der Waals surface area contributed by atoms with Gasteiger partial charge in [-0.3, -0.25) is 14.8 Å². The molecule has 9 heteroatoms. The Hall–Kier alpha value is -3.72. The molecule has 0 heterocycles. The number of amides is 2. The van der Waals surface area contributed by atoms with Gasteiger partial charge in [-0.1, -0.05) is 42.5 Å². The maximum atomic E-state index is 13.2. The molecule has 0 saturated heterocycles. The van der Waals surface area contributed by atoms with E-state index >= 15 is 0 Å². The predicted octanol–water partition coefficient (Wildman–Crippen LogP) is 4.73. The second-order valence-electron chi connectivity index (χ2n) is 6.58. The van der Waals surface area contributed by atoms with Crippen molar-refractivity contribution in [3.63, 3.8) is 0 Å². The summed E-state index contributed by atoms with van der Waals surface area (Å²) in [4.78, 5) is 24.5. The lowest BCUT2D eigenvalue weighted by Gasteiger charge is -2.17. The van der Waals surface area contributed by atoms with Crippen molar-refractivity contribution in [2.45, 2.75) is 12.1 Å². The molecule has 3 N–H and O–H groups in total. The summed E-state index contributed by atoms with van der Waals surface area (Å²) in [7, 11) is 0. The summed E-state index contributed by atoms with van der Waals surface area (Å²) in [6, 6.07) is 16.2. The minimum absolute atomic E-state index is 0.169. The molecule has 0 spiro atoms. The lowest BCUT2D eigenvalue weighted by molar-refractivity contribution is -0.138. The van der Waals surface area contributed by atoms with Crippen LogP contribution in [0.5, 0.6) is 0 Å². The van der Waals surface area contributed by atoms with E-state index in [4.69, 9.17) is 5.21 Å². The molecule has 0 fully saturated rings. The minimum atomic E-state index is -4.90. The standard InChI is InChI=1S/C22H16F4N2O3/c23-15-8-11-17(18(12-15)22(24,25)26)20(29)27-16-9-6-14(7-10-16)19(21(30)28-31)13-4-2-1-3-5-13/h1-12,19,31H,(H,27,29)(H,28,30). The highest BCUT2D eigenvalue weighted by Gasteiger charge is 2.35. The lowest BCUT2D eigenvalue weighted by Crippen LogP contribution is -2.27. The number of anilines is 1. The first-order chi connectivity index (χ1) is 14.7. The van der Waals surface area contributed by atoms with Gasteiger partial charge in [-0.25, -0.2) is 9.87 Å². The van der Waals surface area contributed by atoms with E-state index in [-0.39, 0.29) is 11.8 Å². The third-order valence-electron chi connectivity index (χ3n) is 4.54. The van der Waals surface area contributed by atoms with Crippen LogP contribution in [-0.4, -0.2) is 17.0 Å². The molecule has 31 heavy (non-hydrogen) atoms. The number of hydrogen-bond acceptors (Lipinski definition) is 3. The molecule has 3 aromatic rings. The third-order valence-corrected chi connectivity index (χ3v) is 4.54. The second-order valence-corrected chi connectivity index (χ2v) is 6.58. The van der Waals surface area contributed by atoms with E-state index in [1.54, 1.807) is 35.8 Å². The van der Waals surface area contributed by atoms with E-state index < -0.39 is 40.9 Å². The van der Waals surface area contributed by atoms with Crippen LogP contribution in [-0.2, 0) is 11.0 Å². The molecule has 0 aromatic heterocycles. The molecule has 2 amide bonds. The van der Waals surface area contributed by atoms with Crippen molar-refractivity contribution in [1.29, 1.82) is 0 Å².